The number of methoxy groups -OCH3 is 1. The summed E-state index contributed by atoms with van der Waals surface area (Å²) < 4.78 is 34.9. The van der Waals surface area contributed by atoms with Gasteiger partial charge in [-0.05, 0) is 30.7 Å². The minimum absolute atomic E-state index is 0.0468. The van der Waals surface area contributed by atoms with E-state index in [1.807, 2.05) is 31.3 Å². The van der Waals surface area contributed by atoms with E-state index >= 15 is 0 Å². The third-order valence-electron chi connectivity index (χ3n) is 3.99. The van der Waals surface area contributed by atoms with Crippen molar-refractivity contribution in [1.29, 1.82) is 0 Å². The number of benzene rings is 1. The van der Waals surface area contributed by atoms with Gasteiger partial charge in [-0.2, -0.15) is 0 Å². The quantitative estimate of drug-likeness (QED) is 0.531. The predicted molar refractivity (Wildman–Crippen MR) is 96.9 cm³/mol. The Morgan fingerprint density at radius 3 is 2.65 bits per heavy atom. The number of thioether (sulfide) groups is 1. The number of esters is 1. The number of nitrogens with zero attached hydrogens (tertiary/aromatic N) is 3. The van der Waals surface area contributed by atoms with Crippen molar-refractivity contribution < 1.29 is 22.7 Å². The van der Waals surface area contributed by atoms with Gasteiger partial charge in [-0.15, -0.1) is 10.2 Å². The van der Waals surface area contributed by atoms with E-state index in [0.717, 1.165) is 11.3 Å². The molecule has 2 heterocycles. The second-order valence-electron chi connectivity index (χ2n) is 5.90. The average Bonchev–Trinajstić information content (AvgIpc) is 3.15. The molecule has 10 heteroatoms. The maximum atomic E-state index is 11.9. The molecular formula is C16H19N3O5S2. The van der Waals surface area contributed by atoms with E-state index in [1.165, 1.54) is 11.8 Å². The largest absolute Gasteiger partial charge is 0.497 e. The molecule has 0 radical (unpaired) electrons. The first-order valence-corrected chi connectivity index (χ1v) is 10.7. The first kappa shape index (κ1) is 18.7. The van der Waals surface area contributed by atoms with Crippen molar-refractivity contribution in [1.82, 2.24) is 14.8 Å². The van der Waals surface area contributed by atoms with Crippen LogP contribution in [0, 0.1) is 0 Å². The number of carbonyl (C=O) groups is 1. The number of ether oxygens (including phenoxy) is 2. The van der Waals surface area contributed by atoms with Crippen molar-refractivity contribution in [2.24, 2.45) is 7.05 Å². The highest BCUT2D eigenvalue weighted by Gasteiger charge is 2.30. The first-order valence-electron chi connectivity index (χ1n) is 7.94. The van der Waals surface area contributed by atoms with Gasteiger partial charge in [0.25, 0.3) is 0 Å². The molecular weight excluding hydrogens is 378 g/mol. The number of aromatic nitrogens is 3. The van der Waals surface area contributed by atoms with Gasteiger partial charge in [0.15, 0.2) is 20.8 Å². The molecule has 0 unspecified atom stereocenters. The Hall–Kier alpha value is -2.07. The lowest BCUT2D eigenvalue weighted by Gasteiger charge is -2.09. The van der Waals surface area contributed by atoms with Gasteiger partial charge in [0, 0.05) is 12.6 Å². The fourth-order valence-corrected chi connectivity index (χ4v) is 4.91. The van der Waals surface area contributed by atoms with Crippen LogP contribution in [-0.2, 0) is 26.4 Å². The molecule has 8 nitrogen and oxygen atoms in total. The summed E-state index contributed by atoms with van der Waals surface area (Å²) in [4.78, 5) is 11.9. The highest BCUT2D eigenvalue weighted by molar-refractivity contribution is 7.99. The summed E-state index contributed by atoms with van der Waals surface area (Å²) in [5, 5.41) is 8.84. The summed E-state index contributed by atoms with van der Waals surface area (Å²) in [6.45, 7) is 0. The molecule has 1 fully saturated rings. The number of sulfone groups is 1. The van der Waals surface area contributed by atoms with Crippen molar-refractivity contribution in [3.05, 3.63) is 24.3 Å². The maximum absolute atomic E-state index is 11.9. The molecule has 1 aromatic carbocycles. The summed E-state index contributed by atoms with van der Waals surface area (Å²) in [5.41, 5.74) is 0.881. The van der Waals surface area contributed by atoms with E-state index in [1.54, 1.807) is 11.7 Å². The van der Waals surface area contributed by atoms with Crippen molar-refractivity contribution in [2.75, 3.05) is 24.4 Å². The van der Waals surface area contributed by atoms with E-state index in [9.17, 15) is 13.2 Å². The van der Waals surface area contributed by atoms with Crippen molar-refractivity contribution in [3.8, 4) is 17.1 Å². The molecule has 0 N–H and O–H groups in total. The minimum atomic E-state index is -3.07. The lowest BCUT2D eigenvalue weighted by molar-refractivity contribution is -0.144. The van der Waals surface area contributed by atoms with E-state index in [2.05, 4.69) is 10.2 Å². The van der Waals surface area contributed by atoms with Crippen LogP contribution >= 0.6 is 11.8 Å². The van der Waals surface area contributed by atoms with Crippen molar-refractivity contribution in [3.63, 3.8) is 0 Å². The Kier molecular flexibility index (Phi) is 5.52. The zero-order valence-corrected chi connectivity index (χ0v) is 16.0. The van der Waals surface area contributed by atoms with Crippen LogP contribution in [0.1, 0.15) is 6.42 Å². The van der Waals surface area contributed by atoms with Crippen LogP contribution in [0.25, 0.3) is 11.4 Å². The molecule has 2 aromatic rings. The normalized spacial score (nSPS) is 18.6. The maximum Gasteiger partial charge on any atom is 0.316 e. The molecule has 0 amide bonds. The van der Waals surface area contributed by atoms with Crippen molar-refractivity contribution >= 4 is 27.6 Å². The molecule has 0 aliphatic carbocycles. The lowest BCUT2D eigenvalue weighted by Crippen LogP contribution is -2.20. The number of carbonyl (C=O) groups excluding carboxylic acids is 1. The number of rotatable bonds is 6. The monoisotopic (exact) mass is 397 g/mol. The Labute approximate surface area is 155 Å². The molecule has 1 aromatic heterocycles. The number of hydrogen-bond donors (Lipinski definition) is 0. The van der Waals surface area contributed by atoms with Crippen LogP contribution in [0.5, 0.6) is 5.75 Å². The van der Waals surface area contributed by atoms with Crippen LogP contribution in [-0.4, -0.2) is 59.6 Å². The molecule has 0 saturated carbocycles. The van der Waals surface area contributed by atoms with Gasteiger partial charge in [0.2, 0.25) is 0 Å². The Morgan fingerprint density at radius 1 is 1.31 bits per heavy atom. The summed E-state index contributed by atoms with van der Waals surface area (Å²) in [7, 11) is 0.353. The Bertz CT molecular complexity index is 893. The molecule has 1 saturated heterocycles. The second kappa shape index (κ2) is 7.67. The smallest absolute Gasteiger partial charge is 0.316 e. The third-order valence-corrected chi connectivity index (χ3v) is 6.72. The molecule has 1 aliphatic rings. The van der Waals surface area contributed by atoms with Gasteiger partial charge in [0.05, 0.1) is 24.4 Å². The van der Waals surface area contributed by atoms with Crippen molar-refractivity contribution in [2.45, 2.75) is 17.7 Å². The molecule has 1 atom stereocenters. The fourth-order valence-electron chi connectivity index (χ4n) is 2.63. The highest BCUT2D eigenvalue weighted by atomic mass is 32.2. The van der Waals surface area contributed by atoms with Gasteiger partial charge in [-0.25, -0.2) is 8.42 Å². The van der Waals surface area contributed by atoms with Crippen LogP contribution in [0.15, 0.2) is 29.4 Å². The van der Waals surface area contributed by atoms with Gasteiger partial charge >= 0.3 is 5.97 Å². The van der Waals surface area contributed by atoms with E-state index in [4.69, 9.17) is 9.47 Å². The summed E-state index contributed by atoms with van der Waals surface area (Å²) in [6, 6.07) is 7.44. The average molecular weight is 397 g/mol. The molecule has 3 rings (SSSR count). The van der Waals surface area contributed by atoms with Crippen LogP contribution in [0.2, 0.25) is 0 Å². The fraction of sp³-hybridized carbons (Fsp3) is 0.438. The zero-order valence-electron chi connectivity index (χ0n) is 14.4. The Balaban J connectivity index is 1.59. The topological polar surface area (TPSA) is 100 Å². The summed E-state index contributed by atoms with van der Waals surface area (Å²) in [5.74, 6) is 1.01. The van der Waals surface area contributed by atoms with Crippen LogP contribution in [0.3, 0.4) is 0 Å². The molecule has 1 aliphatic heterocycles. The third kappa shape index (κ3) is 4.36. The molecule has 0 spiro atoms. The number of hydrogen-bond acceptors (Lipinski definition) is 8. The zero-order chi connectivity index (χ0) is 18.7. The molecule has 0 bridgehead atoms. The second-order valence-corrected chi connectivity index (χ2v) is 9.07. The van der Waals surface area contributed by atoms with E-state index in [-0.39, 0.29) is 17.3 Å². The SMILES string of the molecule is COc1ccc(-c2nnc(SCC(=O)O[C@@H]3CCS(=O)(=O)C3)n2C)cc1. The van der Waals surface area contributed by atoms with Crippen LogP contribution in [0.4, 0.5) is 0 Å². The van der Waals surface area contributed by atoms with Gasteiger partial charge in [-0.1, -0.05) is 11.8 Å². The lowest BCUT2D eigenvalue weighted by atomic mass is 10.2. The standard InChI is InChI=1S/C16H19N3O5S2/c1-19-15(11-3-5-12(23-2)6-4-11)17-18-16(19)25-9-14(20)24-13-7-8-26(21,22)10-13/h3-6,13H,7-10H2,1-2H3/t13-/m1/s1. The van der Waals surface area contributed by atoms with E-state index < -0.39 is 21.9 Å². The predicted octanol–water partition coefficient (Wildman–Crippen LogP) is 1.31. The minimum Gasteiger partial charge on any atom is -0.497 e. The summed E-state index contributed by atoms with van der Waals surface area (Å²) >= 11 is 1.20. The van der Waals surface area contributed by atoms with Crippen LogP contribution < -0.4 is 4.74 Å². The summed E-state index contributed by atoms with van der Waals surface area (Å²) in [6.07, 6.45) is -0.174. The highest BCUT2D eigenvalue weighted by Crippen LogP contribution is 2.25. The van der Waals surface area contributed by atoms with Gasteiger partial charge in [0.1, 0.15) is 11.9 Å². The molecule has 26 heavy (non-hydrogen) atoms. The first-order chi connectivity index (χ1) is 12.4. The Morgan fingerprint density at radius 2 is 2.04 bits per heavy atom. The van der Waals surface area contributed by atoms with Gasteiger partial charge in [-0.3, -0.25) is 4.79 Å². The van der Waals surface area contributed by atoms with Gasteiger partial charge < -0.3 is 14.0 Å². The van der Waals surface area contributed by atoms with E-state index in [0.29, 0.717) is 17.4 Å². The molecule has 140 valence electrons.